The number of amides is 3. The van der Waals surface area contributed by atoms with Gasteiger partial charge in [-0.05, 0) is 0 Å². The minimum atomic E-state index is -1.31. The summed E-state index contributed by atoms with van der Waals surface area (Å²) in [5.41, 5.74) is 8.02. The van der Waals surface area contributed by atoms with Gasteiger partial charge in [-0.1, -0.05) is 0 Å². The average Bonchev–Trinajstić information content (AvgIpc) is 3.25. The molecule has 1 aromatic rings. The van der Waals surface area contributed by atoms with Crippen LogP contribution in [0.5, 0.6) is 0 Å². The second-order valence-corrected chi connectivity index (χ2v) is 10.9. The number of nitrogens with one attached hydrogen (secondary N) is 2. The van der Waals surface area contributed by atoms with E-state index in [2.05, 4.69) is 25.9 Å². The normalized spacial score (nSPS) is 22.2. The summed E-state index contributed by atoms with van der Waals surface area (Å²) in [7, 11) is 1.26. The van der Waals surface area contributed by atoms with Gasteiger partial charge in [-0.25, -0.2) is 0 Å². The number of anilines is 1. The Balaban J connectivity index is 1.47. The average molecular weight is 588 g/mol. The van der Waals surface area contributed by atoms with Gasteiger partial charge in [0.05, 0.1) is 0 Å². The number of carboxylic acids is 1. The molecule has 0 spiro atoms. The number of hydrogen-bond acceptors (Lipinski definition) is 13. The Morgan fingerprint density at radius 3 is 2.91 bits per heavy atom. The van der Waals surface area contributed by atoms with E-state index in [9.17, 15) is 29.5 Å². The van der Waals surface area contributed by atoms with Gasteiger partial charge in [0.25, 0.3) is 5.91 Å². The van der Waals surface area contributed by atoms with Crippen molar-refractivity contribution in [3.05, 3.63) is 27.1 Å². The standard InChI is InChI=1S/C17H17N8O7S2Se/c1-32-23-9(7-5-35-16(18)20-7)12(27)21-10-13(28)24-11(15(29)30)6(3-33-14(10)24)4-34-17-19-2-8(26)22-25(17)31/h5,10,14H,2-4H2,1H3,(H2,18,20)(H,21,27)(H,22,26)(H,29,30)/q-1/t10-,14-/m1/s1. The zero-order chi connectivity index (χ0) is 25.3. The van der Waals surface area contributed by atoms with Gasteiger partial charge in [0, 0.05) is 0 Å². The van der Waals surface area contributed by atoms with E-state index >= 15 is 0 Å². The van der Waals surface area contributed by atoms with Gasteiger partial charge in [0.15, 0.2) is 5.17 Å². The molecule has 0 radical (unpaired) electrons. The number of β-lactam (4-membered cyclic amide) rings is 1. The van der Waals surface area contributed by atoms with Crippen molar-refractivity contribution in [1.29, 1.82) is 0 Å². The number of carbonyl (C=O) groups excluding carboxylic acids is 3. The van der Waals surface area contributed by atoms with Crippen LogP contribution < -0.4 is 16.5 Å². The van der Waals surface area contributed by atoms with E-state index in [-0.39, 0.29) is 60.0 Å². The molecule has 3 aliphatic heterocycles. The van der Waals surface area contributed by atoms with Crippen LogP contribution in [0.3, 0.4) is 0 Å². The Bertz CT molecular complexity index is 1180. The molecule has 18 heteroatoms. The summed E-state index contributed by atoms with van der Waals surface area (Å²) >= 11 is 1.99. The molecule has 0 aromatic carbocycles. The molecule has 0 bridgehead atoms. The number of carboxylic acid groups (broad SMARTS) is 1. The third-order valence-electron chi connectivity index (χ3n) is 4.83. The number of rotatable bonds is 7. The first-order valence-electron chi connectivity index (χ1n) is 9.68. The molecule has 3 aliphatic rings. The number of thioether (sulfide) groups is 2. The number of aliphatic imine (C=N–C) groups is 1. The monoisotopic (exact) mass is 589 g/mol. The molecule has 4 heterocycles. The molecule has 0 unspecified atom stereocenters. The minimum absolute atomic E-state index is 0.0233. The van der Waals surface area contributed by atoms with Crippen molar-refractivity contribution in [2.75, 3.05) is 30.9 Å². The van der Waals surface area contributed by atoms with E-state index in [0.717, 1.165) is 16.7 Å². The fraction of sp³-hybridized carbons (Fsp3) is 0.353. The van der Waals surface area contributed by atoms with Crippen LogP contribution in [0.4, 0.5) is 4.69 Å². The summed E-state index contributed by atoms with van der Waals surface area (Å²) in [6.07, 6.45) is 0. The van der Waals surface area contributed by atoms with Crippen LogP contribution in [-0.2, 0) is 24.0 Å². The van der Waals surface area contributed by atoms with Crippen LogP contribution in [0.25, 0.3) is 0 Å². The van der Waals surface area contributed by atoms with Crippen molar-refractivity contribution >= 4 is 77.3 Å². The number of nitrogens with two attached hydrogens (primary N) is 1. The Morgan fingerprint density at radius 2 is 2.29 bits per heavy atom. The Hall–Kier alpha value is -3.05. The molecule has 3 amide bonds. The van der Waals surface area contributed by atoms with Crippen molar-refractivity contribution in [3.8, 4) is 0 Å². The van der Waals surface area contributed by atoms with E-state index in [1.165, 1.54) is 18.9 Å². The topological polar surface area (TPSA) is 215 Å². The van der Waals surface area contributed by atoms with Crippen molar-refractivity contribution in [1.82, 2.24) is 25.8 Å². The van der Waals surface area contributed by atoms with Crippen molar-refractivity contribution in [2.24, 2.45) is 10.1 Å². The maximum absolute atomic E-state index is 12.9. The number of hydrogen-bond donors (Lipinski definition) is 4. The number of nitrogen functional groups attached to an aromatic ring is 1. The number of hydroxylamine groups is 1. The third-order valence-corrected chi connectivity index (χ3v) is 8.63. The van der Waals surface area contributed by atoms with E-state index < -0.39 is 35.1 Å². The van der Waals surface area contributed by atoms with Gasteiger partial charge in [0.1, 0.15) is 6.54 Å². The van der Waals surface area contributed by atoms with Crippen LogP contribution in [0.1, 0.15) is 5.69 Å². The van der Waals surface area contributed by atoms with Gasteiger partial charge >= 0.3 is 169 Å². The molecular formula is C17H17N8O7S2Se-. The number of fused-ring (bicyclic) bond motifs is 1. The zero-order valence-corrected chi connectivity index (χ0v) is 21.1. The molecule has 0 aliphatic carbocycles. The molecule has 5 N–H and O–H groups in total. The molecule has 35 heavy (non-hydrogen) atoms. The van der Waals surface area contributed by atoms with Gasteiger partial charge in [-0.2, -0.15) is 0 Å². The Kier molecular flexibility index (Phi) is 7.36. The summed E-state index contributed by atoms with van der Waals surface area (Å²) in [6, 6.07) is -0.984. The molecule has 2 atom stereocenters. The number of hydrazine groups is 1. The Labute approximate surface area is 211 Å². The number of oxime groups is 1. The quantitative estimate of drug-likeness (QED) is 0.115. The fourth-order valence-corrected chi connectivity index (χ4v) is 6.84. The summed E-state index contributed by atoms with van der Waals surface area (Å²) in [5, 5.41) is 27.4. The van der Waals surface area contributed by atoms with E-state index in [0.29, 0.717) is 10.3 Å². The predicted molar refractivity (Wildman–Crippen MR) is 127 cm³/mol. The van der Waals surface area contributed by atoms with Crippen LogP contribution in [0.2, 0.25) is 0 Å². The van der Waals surface area contributed by atoms with Crippen LogP contribution in [0, 0.1) is 5.21 Å². The van der Waals surface area contributed by atoms with Crippen LogP contribution in [-0.4, -0.2) is 106 Å². The van der Waals surface area contributed by atoms with Gasteiger partial charge in [0.2, 0.25) is 0 Å². The van der Waals surface area contributed by atoms with Crippen molar-refractivity contribution in [2.45, 2.75) is 11.4 Å². The SMILES string of the molecule is CON=C(C(=O)N[C@@H]1C(=O)N2C(C(=O)O)=C(CSC3=NCC(=O)NN3[O-])CS[C@H]12)c1c[se]c(N)n1. The molecule has 4 rings (SSSR count). The first-order chi connectivity index (χ1) is 16.7. The van der Waals surface area contributed by atoms with E-state index in [4.69, 9.17) is 10.6 Å². The summed E-state index contributed by atoms with van der Waals surface area (Å²) in [6.45, 7) is -0.209. The molecule has 1 fully saturated rings. The second-order valence-electron chi connectivity index (χ2n) is 7.03. The number of aromatic nitrogens is 1. The molecular weight excluding hydrogens is 571 g/mol. The summed E-state index contributed by atoms with van der Waals surface area (Å²) in [5.74, 6) is -2.87. The van der Waals surface area contributed by atoms with E-state index in [1.54, 1.807) is 4.94 Å². The maximum atomic E-state index is 12.9. The first-order valence-corrected chi connectivity index (χ1v) is 13.6. The molecule has 1 saturated heterocycles. The molecule has 1 aromatic heterocycles. The predicted octanol–water partition coefficient (Wildman–Crippen LogP) is -2.26. The fourth-order valence-electron chi connectivity index (χ4n) is 3.35. The second kappa shape index (κ2) is 10.3. The van der Waals surface area contributed by atoms with Crippen LogP contribution >= 0.6 is 23.5 Å². The number of aliphatic carboxylic acids is 1. The van der Waals surface area contributed by atoms with Crippen molar-refractivity contribution in [3.63, 3.8) is 0 Å². The molecule has 186 valence electrons. The summed E-state index contributed by atoms with van der Waals surface area (Å²) < 4.78 is 0.362. The number of carbonyl (C=O) groups is 4. The zero-order valence-electron chi connectivity index (χ0n) is 17.8. The Morgan fingerprint density at radius 1 is 1.51 bits per heavy atom. The first kappa shape index (κ1) is 25.1. The van der Waals surface area contributed by atoms with Crippen molar-refractivity contribution < 1.29 is 29.1 Å². The summed E-state index contributed by atoms with van der Waals surface area (Å²) in [4.78, 5) is 64.3. The molecule has 0 saturated carbocycles. The van der Waals surface area contributed by atoms with Crippen LogP contribution in [0.15, 0.2) is 26.4 Å². The number of nitrogens with zero attached hydrogens (tertiary/aromatic N) is 5. The van der Waals surface area contributed by atoms with Gasteiger partial charge < -0.3 is 10.4 Å². The van der Waals surface area contributed by atoms with Gasteiger partial charge in [-0.3, -0.25) is 15.2 Å². The van der Waals surface area contributed by atoms with E-state index in [1.807, 2.05) is 0 Å². The third kappa shape index (κ3) is 5.01. The molecule has 15 nitrogen and oxygen atoms in total. The number of amidine groups is 1. The van der Waals surface area contributed by atoms with Gasteiger partial charge in [-0.15, -0.1) is 0 Å².